The van der Waals surface area contributed by atoms with Crippen molar-refractivity contribution < 1.29 is 4.79 Å². The summed E-state index contributed by atoms with van der Waals surface area (Å²) < 4.78 is 0. The van der Waals surface area contributed by atoms with Crippen molar-refractivity contribution in [3.8, 4) is 0 Å². The van der Waals surface area contributed by atoms with Crippen molar-refractivity contribution in [1.29, 1.82) is 0 Å². The molecular weight excluding hydrogens is 140 g/mol. The number of hydrogen-bond acceptors (Lipinski definition) is 1. The van der Waals surface area contributed by atoms with Gasteiger partial charge in [-0.2, -0.15) is 0 Å². The van der Waals surface area contributed by atoms with Gasteiger partial charge in [0.25, 0.3) is 0 Å². The van der Waals surface area contributed by atoms with Crippen LogP contribution in [0.15, 0.2) is 30.3 Å². The Balaban J connectivity index is 2.85. The van der Waals surface area contributed by atoms with E-state index in [4.69, 9.17) is 5.73 Å². The Morgan fingerprint density at radius 3 is 2.36 bits per heavy atom. The molecule has 0 heterocycles. The molecule has 1 rings (SSSR count). The van der Waals surface area contributed by atoms with Gasteiger partial charge in [0.2, 0.25) is 0 Å². The number of benzene rings is 1. The number of rotatable bonds is 1. The lowest BCUT2D eigenvalue weighted by atomic mass is 10.3. The van der Waals surface area contributed by atoms with Crippen LogP contribution in [0.1, 0.15) is 0 Å². The van der Waals surface area contributed by atoms with Gasteiger partial charge in [0.1, 0.15) is 0 Å². The summed E-state index contributed by atoms with van der Waals surface area (Å²) in [5, 5.41) is 0. The van der Waals surface area contributed by atoms with Gasteiger partial charge < -0.3 is 5.73 Å². The predicted octanol–water partition coefficient (Wildman–Crippen LogP) is 1.20. The maximum absolute atomic E-state index is 10.6. The zero-order valence-corrected chi connectivity index (χ0v) is 6.32. The van der Waals surface area contributed by atoms with Gasteiger partial charge in [-0.15, -0.1) is 0 Å². The summed E-state index contributed by atoms with van der Waals surface area (Å²) in [7, 11) is 1.64. The maximum atomic E-state index is 10.6. The minimum atomic E-state index is -0.448. The van der Waals surface area contributed by atoms with Gasteiger partial charge in [-0.1, -0.05) is 18.2 Å². The molecule has 1 aromatic rings. The number of anilines is 1. The number of nitrogens with zero attached hydrogens (tertiary/aromatic N) is 1. The minimum absolute atomic E-state index is 0.448. The van der Waals surface area contributed by atoms with E-state index in [0.29, 0.717) is 0 Å². The fraction of sp³-hybridized carbons (Fsp3) is 0.125. The Morgan fingerprint density at radius 1 is 1.36 bits per heavy atom. The number of urea groups is 1. The molecule has 0 unspecified atom stereocenters. The monoisotopic (exact) mass is 150 g/mol. The van der Waals surface area contributed by atoms with Gasteiger partial charge in [0.15, 0.2) is 0 Å². The molecular formula is C8H10N2O. The van der Waals surface area contributed by atoms with Crippen LogP contribution < -0.4 is 10.6 Å². The second-order valence-electron chi connectivity index (χ2n) is 2.23. The molecule has 0 radical (unpaired) electrons. The standard InChI is InChI=1S/C8H10N2O/c1-10(8(9)11)7-5-3-2-4-6-7/h2-6H,1H3,(H2,9,11). The summed E-state index contributed by atoms with van der Waals surface area (Å²) in [5.41, 5.74) is 5.86. The molecule has 2 amide bonds. The zero-order chi connectivity index (χ0) is 8.27. The molecule has 3 heteroatoms. The molecule has 0 bridgehead atoms. The van der Waals surface area contributed by atoms with Gasteiger partial charge in [-0.05, 0) is 12.1 Å². The van der Waals surface area contributed by atoms with E-state index in [1.807, 2.05) is 30.3 Å². The first kappa shape index (κ1) is 7.60. The number of carbonyl (C=O) groups is 1. The lowest BCUT2D eigenvalue weighted by Crippen LogP contribution is -2.31. The van der Waals surface area contributed by atoms with Crippen LogP contribution in [0, 0.1) is 0 Å². The van der Waals surface area contributed by atoms with Crippen LogP contribution in [0.4, 0.5) is 10.5 Å². The lowest BCUT2D eigenvalue weighted by Gasteiger charge is -2.12. The number of nitrogens with two attached hydrogens (primary N) is 1. The van der Waals surface area contributed by atoms with E-state index in [9.17, 15) is 4.79 Å². The van der Waals surface area contributed by atoms with Crippen LogP contribution in [0.3, 0.4) is 0 Å². The first-order valence-corrected chi connectivity index (χ1v) is 3.30. The first-order chi connectivity index (χ1) is 5.22. The van der Waals surface area contributed by atoms with Crippen molar-refractivity contribution >= 4 is 11.7 Å². The van der Waals surface area contributed by atoms with Crippen molar-refractivity contribution in [3.05, 3.63) is 30.3 Å². The third kappa shape index (κ3) is 1.70. The van der Waals surface area contributed by atoms with Gasteiger partial charge in [0.05, 0.1) is 0 Å². The van der Waals surface area contributed by atoms with Crippen LogP contribution in [-0.4, -0.2) is 13.1 Å². The van der Waals surface area contributed by atoms with E-state index in [0.717, 1.165) is 5.69 Å². The van der Waals surface area contributed by atoms with E-state index in [-0.39, 0.29) is 0 Å². The summed E-state index contributed by atoms with van der Waals surface area (Å²) in [6.07, 6.45) is 0. The predicted molar refractivity (Wildman–Crippen MR) is 44.4 cm³/mol. The van der Waals surface area contributed by atoms with Crippen molar-refractivity contribution in [3.63, 3.8) is 0 Å². The molecule has 0 saturated heterocycles. The van der Waals surface area contributed by atoms with E-state index < -0.39 is 6.03 Å². The third-order valence-electron chi connectivity index (χ3n) is 1.47. The largest absolute Gasteiger partial charge is 0.351 e. The van der Waals surface area contributed by atoms with Crippen LogP contribution in [0.5, 0.6) is 0 Å². The summed E-state index contributed by atoms with van der Waals surface area (Å²) in [4.78, 5) is 12.0. The van der Waals surface area contributed by atoms with Gasteiger partial charge in [-0.25, -0.2) is 4.79 Å². The molecule has 0 atom stereocenters. The average molecular weight is 150 g/mol. The second kappa shape index (κ2) is 3.05. The minimum Gasteiger partial charge on any atom is -0.351 e. The highest BCUT2D eigenvalue weighted by Gasteiger charge is 2.03. The normalized spacial score (nSPS) is 9.18. The fourth-order valence-corrected chi connectivity index (χ4v) is 0.779. The Labute approximate surface area is 65.4 Å². The maximum Gasteiger partial charge on any atom is 0.318 e. The van der Waals surface area contributed by atoms with Crippen molar-refractivity contribution in [1.82, 2.24) is 0 Å². The van der Waals surface area contributed by atoms with Crippen molar-refractivity contribution in [2.24, 2.45) is 5.73 Å². The molecule has 0 saturated carbocycles. The third-order valence-corrected chi connectivity index (χ3v) is 1.47. The molecule has 0 spiro atoms. The quantitative estimate of drug-likeness (QED) is 0.642. The molecule has 11 heavy (non-hydrogen) atoms. The highest BCUT2D eigenvalue weighted by atomic mass is 16.2. The molecule has 0 aliphatic carbocycles. The van der Waals surface area contributed by atoms with E-state index in [2.05, 4.69) is 0 Å². The van der Waals surface area contributed by atoms with E-state index in [1.165, 1.54) is 4.90 Å². The number of amides is 2. The first-order valence-electron chi connectivity index (χ1n) is 3.30. The number of hydrogen-bond donors (Lipinski definition) is 1. The van der Waals surface area contributed by atoms with Crippen LogP contribution in [0.2, 0.25) is 0 Å². The van der Waals surface area contributed by atoms with Gasteiger partial charge >= 0.3 is 6.03 Å². The van der Waals surface area contributed by atoms with Crippen molar-refractivity contribution in [2.75, 3.05) is 11.9 Å². The topological polar surface area (TPSA) is 46.3 Å². The number of para-hydroxylation sites is 1. The molecule has 3 nitrogen and oxygen atoms in total. The molecule has 0 aliphatic heterocycles. The Kier molecular flexibility index (Phi) is 2.11. The molecule has 0 aliphatic rings. The van der Waals surface area contributed by atoms with Gasteiger partial charge in [0, 0.05) is 12.7 Å². The van der Waals surface area contributed by atoms with Crippen LogP contribution in [-0.2, 0) is 0 Å². The van der Waals surface area contributed by atoms with Crippen LogP contribution in [0.25, 0.3) is 0 Å². The summed E-state index contributed by atoms with van der Waals surface area (Å²) >= 11 is 0. The van der Waals surface area contributed by atoms with E-state index in [1.54, 1.807) is 7.05 Å². The Morgan fingerprint density at radius 2 is 1.91 bits per heavy atom. The highest BCUT2D eigenvalue weighted by Crippen LogP contribution is 2.09. The molecule has 2 N–H and O–H groups in total. The van der Waals surface area contributed by atoms with Crippen LogP contribution >= 0.6 is 0 Å². The van der Waals surface area contributed by atoms with Gasteiger partial charge in [-0.3, -0.25) is 4.90 Å². The number of carbonyl (C=O) groups excluding carboxylic acids is 1. The molecule has 0 aromatic heterocycles. The molecule has 0 fully saturated rings. The Bertz CT molecular complexity index is 246. The SMILES string of the molecule is CN(C(N)=O)c1ccccc1. The van der Waals surface area contributed by atoms with Crippen molar-refractivity contribution in [2.45, 2.75) is 0 Å². The second-order valence-corrected chi connectivity index (χ2v) is 2.23. The smallest absolute Gasteiger partial charge is 0.318 e. The Hall–Kier alpha value is -1.51. The molecule has 58 valence electrons. The van der Waals surface area contributed by atoms with E-state index >= 15 is 0 Å². The summed E-state index contributed by atoms with van der Waals surface area (Å²) in [5.74, 6) is 0. The molecule has 1 aromatic carbocycles. The fourth-order valence-electron chi connectivity index (χ4n) is 0.779. The summed E-state index contributed by atoms with van der Waals surface area (Å²) in [6.45, 7) is 0. The number of primary amides is 1. The average Bonchev–Trinajstić information content (AvgIpc) is 2.05. The highest BCUT2D eigenvalue weighted by molar-refractivity contribution is 5.89. The zero-order valence-electron chi connectivity index (χ0n) is 6.32. The lowest BCUT2D eigenvalue weighted by molar-refractivity contribution is 0.255. The summed E-state index contributed by atoms with van der Waals surface area (Å²) in [6, 6.07) is 8.80.